The molecule has 1 aliphatic heterocycles. The number of thiol groups is 1. The Balaban J connectivity index is 0.00000137. The van der Waals surface area contributed by atoms with Crippen molar-refractivity contribution in [3.63, 3.8) is 0 Å². The highest BCUT2D eigenvalue weighted by Gasteiger charge is 2.18. The number of ketones is 1. The van der Waals surface area contributed by atoms with E-state index in [-0.39, 0.29) is 11.7 Å². The second-order valence-corrected chi connectivity index (χ2v) is 4.65. The van der Waals surface area contributed by atoms with Gasteiger partial charge in [-0.2, -0.15) is 0 Å². The predicted octanol–water partition coefficient (Wildman–Crippen LogP) is 2.15. The second kappa shape index (κ2) is 10.4. The standard InChI is InChI=1S/C11H20N2O2S.C2H6/c1-2-10(14)4-3-5-11(15)12-6-8-13(16)9-7-12;1-2/h16H,2-9H2,1H3;1-2H3. The van der Waals surface area contributed by atoms with Crippen LogP contribution in [0.1, 0.15) is 46.5 Å². The number of hydrogen-bond acceptors (Lipinski definition) is 4. The van der Waals surface area contributed by atoms with E-state index in [1.807, 2.05) is 30.0 Å². The molecule has 1 fully saturated rings. The first-order chi connectivity index (χ1) is 8.63. The zero-order chi connectivity index (χ0) is 14.0. The summed E-state index contributed by atoms with van der Waals surface area (Å²) in [7, 11) is 0. The maximum atomic E-state index is 11.7. The summed E-state index contributed by atoms with van der Waals surface area (Å²) >= 11 is 4.23. The highest BCUT2D eigenvalue weighted by molar-refractivity contribution is 7.77. The van der Waals surface area contributed by atoms with Crippen LogP contribution in [0, 0.1) is 0 Å². The van der Waals surface area contributed by atoms with Gasteiger partial charge in [0.25, 0.3) is 0 Å². The van der Waals surface area contributed by atoms with Crippen molar-refractivity contribution >= 4 is 24.5 Å². The fourth-order valence-corrected chi connectivity index (χ4v) is 1.90. The molecule has 0 aromatic carbocycles. The van der Waals surface area contributed by atoms with Crippen LogP contribution in [0.15, 0.2) is 0 Å². The second-order valence-electron chi connectivity index (χ2n) is 4.08. The van der Waals surface area contributed by atoms with Crippen LogP contribution < -0.4 is 0 Å². The molecule has 18 heavy (non-hydrogen) atoms. The Morgan fingerprint density at radius 1 is 1.06 bits per heavy atom. The molecular weight excluding hydrogens is 248 g/mol. The summed E-state index contributed by atoms with van der Waals surface area (Å²) in [5.74, 6) is 0.415. The van der Waals surface area contributed by atoms with E-state index in [2.05, 4.69) is 12.8 Å². The van der Waals surface area contributed by atoms with Gasteiger partial charge in [0.05, 0.1) is 0 Å². The van der Waals surface area contributed by atoms with E-state index in [0.29, 0.717) is 25.7 Å². The van der Waals surface area contributed by atoms with Gasteiger partial charge >= 0.3 is 0 Å². The Kier molecular flexibility index (Phi) is 10.1. The Bertz CT molecular complexity index is 251. The molecule has 1 heterocycles. The van der Waals surface area contributed by atoms with E-state index in [1.165, 1.54) is 0 Å². The maximum absolute atomic E-state index is 11.7. The molecular formula is C13H26N2O2S. The van der Waals surface area contributed by atoms with Crippen LogP contribution >= 0.6 is 12.8 Å². The van der Waals surface area contributed by atoms with Gasteiger partial charge in [0.1, 0.15) is 5.78 Å². The van der Waals surface area contributed by atoms with E-state index in [4.69, 9.17) is 0 Å². The number of amides is 1. The van der Waals surface area contributed by atoms with Gasteiger partial charge in [-0.25, -0.2) is 4.31 Å². The third-order valence-electron chi connectivity index (χ3n) is 2.85. The highest BCUT2D eigenvalue weighted by Crippen LogP contribution is 2.08. The average molecular weight is 274 g/mol. The van der Waals surface area contributed by atoms with Crippen LogP contribution in [0.4, 0.5) is 0 Å². The van der Waals surface area contributed by atoms with E-state index < -0.39 is 0 Å². The first-order valence-electron chi connectivity index (χ1n) is 6.86. The molecule has 0 saturated carbocycles. The van der Waals surface area contributed by atoms with E-state index in [9.17, 15) is 9.59 Å². The summed E-state index contributed by atoms with van der Waals surface area (Å²) in [5.41, 5.74) is 0. The largest absolute Gasteiger partial charge is 0.340 e. The Morgan fingerprint density at radius 2 is 1.61 bits per heavy atom. The van der Waals surface area contributed by atoms with Gasteiger partial charge in [0.2, 0.25) is 5.91 Å². The topological polar surface area (TPSA) is 40.6 Å². The van der Waals surface area contributed by atoms with Crippen LogP contribution in [0.2, 0.25) is 0 Å². The van der Waals surface area contributed by atoms with Crippen molar-refractivity contribution in [3.05, 3.63) is 0 Å². The van der Waals surface area contributed by atoms with E-state index in [1.54, 1.807) is 0 Å². The lowest BCUT2D eigenvalue weighted by Crippen LogP contribution is -2.45. The molecule has 106 valence electrons. The van der Waals surface area contributed by atoms with Crippen LogP contribution in [0.3, 0.4) is 0 Å². The van der Waals surface area contributed by atoms with Crippen LogP contribution in [-0.2, 0) is 9.59 Å². The maximum Gasteiger partial charge on any atom is 0.222 e. The molecule has 1 amide bonds. The zero-order valence-electron chi connectivity index (χ0n) is 11.8. The van der Waals surface area contributed by atoms with Crippen molar-refractivity contribution in [2.75, 3.05) is 26.2 Å². The molecule has 0 unspecified atom stereocenters. The number of nitrogens with zero attached hydrogens (tertiary/aromatic N) is 2. The lowest BCUT2D eigenvalue weighted by molar-refractivity contribution is -0.132. The molecule has 0 atom stereocenters. The lowest BCUT2D eigenvalue weighted by atomic mass is 10.1. The first kappa shape index (κ1) is 17.4. The fraction of sp³-hybridized carbons (Fsp3) is 0.846. The summed E-state index contributed by atoms with van der Waals surface area (Å²) in [6.45, 7) is 9.01. The summed E-state index contributed by atoms with van der Waals surface area (Å²) < 4.78 is 1.92. The van der Waals surface area contributed by atoms with Crippen LogP contribution in [0.25, 0.3) is 0 Å². The highest BCUT2D eigenvalue weighted by atomic mass is 32.1. The number of hydrogen-bond donors (Lipinski definition) is 1. The summed E-state index contributed by atoms with van der Waals surface area (Å²) in [6, 6.07) is 0. The van der Waals surface area contributed by atoms with Gasteiger partial charge in [-0.15, -0.1) is 0 Å². The van der Waals surface area contributed by atoms with Gasteiger partial charge < -0.3 is 4.90 Å². The molecule has 0 N–H and O–H groups in total. The fourth-order valence-electron chi connectivity index (χ4n) is 1.72. The van der Waals surface area contributed by atoms with Gasteiger partial charge in [0.15, 0.2) is 0 Å². The van der Waals surface area contributed by atoms with Gasteiger partial charge in [-0.1, -0.05) is 33.6 Å². The minimum Gasteiger partial charge on any atom is -0.340 e. The number of piperazine rings is 1. The number of carbonyl (C=O) groups is 2. The number of rotatable bonds is 5. The summed E-state index contributed by atoms with van der Waals surface area (Å²) in [4.78, 5) is 24.7. The molecule has 4 nitrogen and oxygen atoms in total. The molecule has 0 aromatic rings. The molecule has 0 radical (unpaired) electrons. The van der Waals surface area contributed by atoms with Gasteiger partial charge in [0, 0.05) is 45.4 Å². The molecule has 0 aliphatic carbocycles. The quantitative estimate of drug-likeness (QED) is 0.781. The molecule has 0 spiro atoms. The molecule has 0 aromatic heterocycles. The van der Waals surface area contributed by atoms with Gasteiger partial charge in [-0.3, -0.25) is 9.59 Å². The minimum absolute atomic E-state index is 0.172. The van der Waals surface area contributed by atoms with Crippen molar-refractivity contribution in [2.45, 2.75) is 46.5 Å². The van der Waals surface area contributed by atoms with Crippen molar-refractivity contribution in [1.82, 2.24) is 9.21 Å². The molecule has 0 bridgehead atoms. The normalized spacial score (nSPS) is 15.9. The summed E-state index contributed by atoms with van der Waals surface area (Å²) in [5, 5.41) is 0. The van der Waals surface area contributed by atoms with Gasteiger partial charge in [-0.05, 0) is 6.42 Å². The molecule has 1 rings (SSSR count). The average Bonchev–Trinajstić information content (AvgIpc) is 2.41. The molecule has 5 heteroatoms. The Morgan fingerprint density at radius 3 is 2.11 bits per heavy atom. The number of carbonyl (C=O) groups excluding carboxylic acids is 2. The van der Waals surface area contributed by atoms with Crippen molar-refractivity contribution < 1.29 is 9.59 Å². The van der Waals surface area contributed by atoms with Crippen LogP contribution in [-0.4, -0.2) is 47.1 Å². The summed E-state index contributed by atoms with van der Waals surface area (Å²) in [6.07, 6.45) is 2.30. The predicted molar refractivity (Wildman–Crippen MR) is 77.6 cm³/mol. The van der Waals surface area contributed by atoms with E-state index in [0.717, 1.165) is 26.2 Å². The van der Waals surface area contributed by atoms with Crippen molar-refractivity contribution in [2.24, 2.45) is 0 Å². The first-order valence-corrected chi connectivity index (χ1v) is 7.26. The number of Topliss-reactive ketones (excluding diaryl/α,β-unsaturated/α-hetero) is 1. The third kappa shape index (κ3) is 7.01. The Labute approximate surface area is 116 Å². The molecule has 1 aliphatic rings. The molecule has 1 saturated heterocycles. The zero-order valence-corrected chi connectivity index (χ0v) is 12.7. The van der Waals surface area contributed by atoms with Crippen molar-refractivity contribution in [1.29, 1.82) is 0 Å². The lowest BCUT2D eigenvalue weighted by Gasteiger charge is -2.31. The minimum atomic E-state index is 0.172. The smallest absolute Gasteiger partial charge is 0.222 e. The van der Waals surface area contributed by atoms with Crippen molar-refractivity contribution in [3.8, 4) is 0 Å². The van der Waals surface area contributed by atoms with Crippen LogP contribution in [0.5, 0.6) is 0 Å². The Hall–Kier alpha value is -0.550. The monoisotopic (exact) mass is 274 g/mol. The third-order valence-corrected chi connectivity index (χ3v) is 3.25. The SMILES string of the molecule is CC.CCC(=O)CCCC(=O)N1CCN(S)CC1. The van der Waals surface area contributed by atoms with E-state index >= 15 is 0 Å².